The summed E-state index contributed by atoms with van der Waals surface area (Å²) >= 11 is 0. The molecule has 160 valence electrons. The molecule has 0 saturated heterocycles. The molecule has 0 amide bonds. The minimum atomic E-state index is -0.345. The van der Waals surface area contributed by atoms with E-state index in [1.165, 1.54) is 12.8 Å². The first-order chi connectivity index (χ1) is 15.0. The highest BCUT2D eigenvalue weighted by atomic mass is 19.1. The summed E-state index contributed by atoms with van der Waals surface area (Å²) < 4.78 is 20.0. The lowest BCUT2D eigenvalue weighted by molar-refractivity contribution is -0.191. The molecule has 0 radical (unpaired) electrons. The van der Waals surface area contributed by atoms with Crippen LogP contribution in [0.5, 0.6) is 5.75 Å². The zero-order chi connectivity index (χ0) is 22.4. The molecule has 1 heterocycles. The van der Waals surface area contributed by atoms with Crippen LogP contribution in [-0.2, 0) is 9.59 Å². The number of fused-ring (bicyclic) bond motifs is 1. The molecule has 7 heteroatoms. The summed E-state index contributed by atoms with van der Waals surface area (Å²) in [5.74, 6) is 0.910. The standard InChI is InChI=1S/C23H24FN3O.CO2/c1-3-28-22-11-9-18(13-20(22)24)27(17-6-4-5-7-17)23-15(2)19-10-8-16(14-25)12-21(19)26-23;2-1-3/h8-13,17,26H,3-7H2,1-2H3;. The number of halogens is 1. The molecular weight excluding hydrogens is 397 g/mol. The number of hydrogen-bond acceptors (Lipinski definition) is 5. The van der Waals surface area contributed by atoms with Crippen LogP contribution in [0, 0.1) is 24.1 Å². The van der Waals surface area contributed by atoms with Gasteiger partial charge in [-0.15, -0.1) is 0 Å². The third kappa shape index (κ3) is 4.60. The Morgan fingerprint density at radius 1 is 1.19 bits per heavy atom. The second kappa shape index (κ2) is 9.92. The summed E-state index contributed by atoms with van der Waals surface area (Å²) in [7, 11) is 0. The van der Waals surface area contributed by atoms with Crippen molar-refractivity contribution in [3.63, 3.8) is 0 Å². The number of aromatic nitrogens is 1. The first-order valence-corrected chi connectivity index (χ1v) is 10.3. The van der Waals surface area contributed by atoms with Crippen LogP contribution >= 0.6 is 0 Å². The predicted molar refractivity (Wildman–Crippen MR) is 115 cm³/mol. The monoisotopic (exact) mass is 421 g/mol. The summed E-state index contributed by atoms with van der Waals surface area (Å²) in [5, 5.41) is 10.3. The highest BCUT2D eigenvalue weighted by Crippen LogP contribution is 2.39. The van der Waals surface area contributed by atoms with Gasteiger partial charge in [0.1, 0.15) is 5.82 Å². The maximum absolute atomic E-state index is 14.6. The van der Waals surface area contributed by atoms with Gasteiger partial charge in [-0.25, -0.2) is 4.39 Å². The fourth-order valence-electron chi connectivity index (χ4n) is 4.23. The van der Waals surface area contributed by atoms with Crippen molar-refractivity contribution in [3.8, 4) is 11.8 Å². The van der Waals surface area contributed by atoms with E-state index in [2.05, 4.69) is 22.9 Å². The summed E-state index contributed by atoms with van der Waals surface area (Å²) in [6, 6.07) is 13.4. The van der Waals surface area contributed by atoms with Gasteiger partial charge in [0.15, 0.2) is 11.6 Å². The van der Waals surface area contributed by atoms with Crippen molar-refractivity contribution in [1.29, 1.82) is 5.26 Å². The molecule has 4 rings (SSSR count). The number of nitrogens with zero attached hydrogens (tertiary/aromatic N) is 2. The van der Waals surface area contributed by atoms with Gasteiger partial charge in [-0.05, 0) is 56.5 Å². The molecular formula is C24H24FN3O3. The normalized spacial score (nSPS) is 13.2. The lowest BCUT2D eigenvalue weighted by atomic mass is 10.1. The number of hydrogen-bond donors (Lipinski definition) is 1. The van der Waals surface area contributed by atoms with Gasteiger partial charge in [0.25, 0.3) is 0 Å². The Morgan fingerprint density at radius 2 is 1.90 bits per heavy atom. The van der Waals surface area contributed by atoms with E-state index in [1.54, 1.807) is 12.1 Å². The topological polar surface area (TPSA) is 86.2 Å². The molecule has 0 bridgehead atoms. The Morgan fingerprint density at radius 3 is 2.52 bits per heavy atom. The van der Waals surface area contributed by atoms with Crippen LogP contribution in [0.3, 0.4) is 0 Å². The minimum absolute atomic E-state index is 0.250. The van der Waals surface area contributed by atoms with Gasteiger partial charge in [-0.3, -0.25) is 0 Å². The van der Waals surface area contributed by atoms with Crippen molar-refractivity contribution in [3.05, 3.63) is 53.3 Å². The lowest BCUT2D eigenvalue weighted by Gasteiger charge is -2.31. The zero-order valence-electron chi connectivity index (χ0n) is 17.6. The molecule has 1 fully saturated rings. The quantitative estimate of drug-likeness (QED) is 0.597. The highest BCUT2D eigenvalue weighted by Gasteiger charge is 2.28. The molecule has 1 aromatic heterocycles. The van der Waals surface area contributed by atoms with Gasteiger partial charge in [-0.1, -0.05) is 18.9 Å². The molecule has 0 atom stereocenters. The maximum atomic E-state index is 14.6. The second-order valence-electron chi connectivity index (χ2n) is 7.41. The van der Waals surface area contributed by atoms with E-state index in [0.717, 1.165) is 40.8 Å². The number of ether oxygens (including phenoxy) is 1. The Hall–Kier alpha value is -3.62. The molecule has 1 N–H and O–H groups in total. The predicted octanol–water partition coefficient (Wildman–Crippen LogP) is 5.38. The van der Waals surface area contributed by atoms with E-state index in [-0.39, 0.29) is 17.7 Å². The SMILES string of the molecule is CCOc1ccc(N(c2[nH]c3cc(C#N)ccc3c2C)C2CCCC2)cc1F.O=C=O. The van der Waals surface area contributed by atoms with E-state index in [0.29, 0.717) is 18.2 Å². The molecule has 0 aliphatic heterocycles. The van der Waals surface area contributed by atoms with E-state index in [4.69, 9.17) is 14.3 Å². The Labute approximate surface area is 180 Å². The average molecular weight is 421 g/mol. The number of nitriles is 1. The molecule has 2 aromatic carbocycles. The highest BCUT2D eigenvalue weighted by molar-refractivity contribution is 5.91. The van der Waals surface area contributed by atoms with Crippen LogP contribution in [0.1, 0.15) is 43.7 Å². The van der Waals surface area contributed by atoms with E-state index >= 15 is 0 Å². The molecule has 6 nitrogen and oxygen atoms in total. The summed E-state index contributed by atoms with van der Waals surface area (Å²) in [6.45, 7) is 4.36. The first-order valence-electron chi connectivity index (χ1n) is 10.3. The lowest BCUT2D eigenvalue weighted by Crippen LogP contribution is -2.29. The Balaban J connectivity index is 0.000000858. The average Bonchev–Trinajstić information content (AvgIpc) is 3.40. The van der Waals surface area contributed by atoms with Crippen molar-refractivity contribution in [2.45, 2.75) is 45.6 Å². The largest absolute Gasteiger partial charge is 0.491 e. The van der Waals surface area contributed by atoms with Gasteiger partial charge < -0.3 is 14.6 Å². The van der Waals surface area contributed by atoms with Crippen LogP contribution in [0.15, 0.2) is 36.4 Å². The fourth-order valence-corrected chi connectivity index (χ4v) is 4.23. The number of nitrogens with one attached hydrogen (secondary N) is 1. The van der Waals surface area contributed by atoms with Crippen LogP contribution in [0.25, 0.3) is 10.9 Å². The molecule has 1 aliphatic carbocycles. The second-order valence-corrected chi connectivity index (χ2v) is 7.41. The number of anilines is 2. The minimum Gasteiger partial charge on any atom is -0.491 e. The van der Waals surface area contributed by atoms with E-state index in [9.17, 15) is 9.65 Å². The molecule has 3 aromatic rings. The molecule has 31 heavy (non-hydrogen) atoms. The third-order valence-corrected chi connectivity index (χ3v) is 5.59. The van der Waals surface area contributed by atoms with Crippen LogP contribution in [0.4, 0.5) is 15.9 Å². The van der Waals surface area contributed by atoms with Crippen molar-refractivity contribution in [1.82, 2.24) is 4.98 Å². The maximum Gasteiger partial charge on any atom is 0.373 e. The van der Waals surface area contributed by atoms with Gasteiger partial charge in [0.2, 0.25) is 0 Å². The smallest absolute Gasteiger partial charge is 0.373 e. The van der Waals surface area contributed by atoms with E-state index in [1.807, 2.05) is 31.2 Å². The zero-order valence-corrected chi connectivity index (χ0v) is 17.6. The third-order valence-electron chi connectivity index (χ3n) is 5.59. The summed E-state index contributed by atoms with van der Waals surface area (Å²) in [4.78, 5) is 22.0. The van der Waals surface area contributed by atoms with Crippen LogP contribution < -0.4 is 9.64 Å². The number of rotatable bonds is 5. The number of carbonyl (C=O) groups excluding carboxylic acids is 2. The number of aromatic amines is 1. The van der Waals surface area contributed by atoms with Crippen molar-refractivity contribution < 1.29 is 18.7 Å². The first kappa shape index (κ1) is 22.1. The Kier molecular flexibility index (Phi) is 7.07. The van der Waals surface area contributed by atoms with Gasteiger partial charge >= 0.3 is 6.15 Å². The summed E-state index contributed by atoms with van der Waals surface area (Å²) in [5.41, 5.74) is 3.49. The molecule has 0 unspecified atom stereocenters. The number of H-pyrrole nitrogens is 1. The summed E-state index contributed by atoms with van der Waals surface area (Å²) in [6.07, 6.45) is 4.76. The van der Waals surface area contributed by atoms with E-state index < -0.39 is 0 Å². The molecule has 1 saturated carbocycles. The van der Waals surface area contributed by atoms with Gasteiger partial charge in [-0.2, -0.15) is 14.9 Å². The van der Waals surface area contributed by atoms with Crippen molar-refractivity contribution in [2.75, 3.05) is 11.5 Å². The Bertz CT molecular complexity index is 1140. The number of aryl methyl sites for hydroxylation is 1. The van der Waals surface area contributed by atoms with Gasteiger partial charge in [0, 0.05) is 28.7 Å². The van der Waals surface area contributed by atoms with Gasteiger partial charge in [0.05, 0.1) is 18.2 Å². The molecule has 1 aliphatic rings. The number of benzene rings is 2. The van der Waals surface area contributed by atoms with Crippen LogP contribution in [0.2, 0.25) is 0 Å². The van der Waals surface area contributed by atoms with Crippen molar-refractivity contribution >= 4 is 28.6 Å². The fraction of sp³-hybridized carbons (Fsp3) is 0.333. The molecule has 0 spiro atoms. The van der Waals surface area contributed by atoms with Crippen molar-refractivity contribution in [2.24, 2.45) is 0 Å². The van der Waals surface area contributed by atoms with Crippen LogP contribution in [-0.4, -0.2) is 23.8 Å².